The minimum atomic E-state index is -0.455. The monoisotopic (exact) mass is 418 g/mol. The van der Waals surface area contributed by atoms with Gasteiger partial charge in [0, 0.05) is 44.5 Å². The van der Waals surface area contributed by atoms with Crippen LogP contribution in [0.3, 0.4) is 0 Å². The first-order valence-electron chi connectivity index (χ1n) is 9.24. The summed E-state index contributed by atoms with van der Waals surface area (Å²) in [6.45, 7) is 2.78. The van der Waals surface area contributed by atoms with E-state index in [4.69, 9.17) is 23.8 Å². The molecule has 0 aromatic heterocycles. The number of para-hydroxylation sites is 1. The van der Waals surface area contributed by atoms with Gasteiger partial charge in [0.1, 0.15) is 0 Å². The largest absolute Gasteiger partial charge is 0.371 e. The summed E-state index contributed by atoms with van der Waals surface area (Å²) in [6, 6.07) is 12.6. The smallest absolute Gasteiger partial charge is 0.271 e. The van der Waals surface area contributed by atoms with Gasteiger partial charge in [0.25, 0.3) is 5.69 Å². The molecule has 2 aromatic rings. The fourth-order valence-corrected chi connectivity index (χ4v) is 3.69. The summed E-state index contributed by atoms with van der Waals surface area (Å²) in [7, 11) is 1.90. The summed E-state index contributed by atoms with van der Waals surface area (Å²) in [4.78, 5) is 14.9. The Morgan fingerprint density at radius 1 is 1.25 bits per heavy atom. The van der Waals surface area contributed by atoms with E-state index in [1.807, 2.05) is 18.0 Å². The second-order valence-corrected chi connectivity index (χ2v) is 7.68. The summed E-state index contributed by atoms with van der Waals surface area (Å²) >= 11 is 11.7. The predicted molar refractivity (Wildman–Crippen MR) is 118 cm³/mol. The molecule has 1 aliphatic rings. The van der Waals surface area contributed by atoms with Crippen molar-refractivity contribution in [3.63, 3.8) is 0 Å². The lowest BCUT2D eigenvalue weighted by atomic mass is 10.1. The zero-order valence-electron chi connectivity index (χ0n) is 15.7. The van der Waals surface area contributed by atoms with E-state index in [2.05, 4.69) is 28.4 Å². The minimum absolute atomic E-state index is 0.0344. The molecule has 148 valence electrons. The molecule has 1 N–H and O–H groups in total. The van der Waals surface area contributed by atoms with Crippen LogP contribution in [-0.2, 0) is 6.54 Å². The molecular formula is C20H23ClN4O2S. The number of piperidine rings is 1. The molecule has 0 saturated carbocycles. The van der Waals surface area contributed by atoms with Gasteiger partial charge in [0.05, 0.1) is 15.6 Å². The first-order valence-corrected chi connectivity index (χ1v) is 10.0. The van der Waals surface area contributed by atoms with E-state index in [1.165, 1.54) is 48.7 Å². The van der Waals surface area contributed by atoms with Crippen molar-refractivity contribution in [1.82, 2.24) is 4.90 Å². The predicted octanol–water partition coefficient (Wildman–Crippen LogP) is 5.07. The number of benzene rings is 2. The second-order valence-electron chi connectivity index (χ2n) is 6.88. The van der Waals surface area contributed by atoms with Crippen LogP contribution in [0.5, 0.6) is 0 Å². The van der Waals surface area contributed by atoms with E-state index in [1.54, 1.807) is 0 Å². The highest BCUT2D eigenvalue weighted by Gasteiger charge is 2.17. The third-order valence-corrected chi connectivity index (χ3v) is 5.59. The number of nitro groups is 1. The maximum atomic E-state index is 11.0. The van der Waals surface area contributed by atoms with Crippen LogP contribution in [0.2, 0.25) is 5.02 Å². The van der Waals surface area contributed by atoms with Gasteiger partial charge in [0.2, 0.25) is 0 Å². The third kappa shape index (κ3) is 4.91. The van der Waals surface area contributed by atoms with E-state index < -0.39 is 4.92 Å². The Labute approximate surface area is 175 Å². The maximum absolute atomic E-state index is 11.0. The standard InChI is InChI=1S/C20H23ClN4O2S/c1-23(20(28)22-18-13-16(25(26)27)9-10-17(18)21)14-15-7-3-4-8-19(15)24-11-5-2-6-12-24/h3-4,7-10,13H,2,5-6,11-12,14H2,1H3,(H,22,28). The molecule has 0 radical (unpaired) electrons. The molecule has 0 unspecified atom stereocenters. The summed E-state index contributed by atoms with van der Waals surface area (Å²) in [5, 5.41) is 14.9. The SMILES string of the molecule is CN(Cc1ccccc1N1CCCCC1)C(=S)Nc1cc([N+](=O)[O-])ccc1Cl. The van der Waals surface area contributed by atoms with Crippen molar-refractivity contribution in [2.45, 2.75) is 25.8 Å². The molecule has 2 aromatic carbocycles. The van der Waals surface area contributed by atoms with Crippen LogP contribution in [0.25, 0.3) is 0 Å². The van der Waals surface area contributed by atoms with Crippen molar-refractivity contribution in [3.8, 4) is 0 Å². The molecule has 0 aliphatic carbocycles. The molecule has 6 nitrogen and oxygen atoms in total. The van der Waals surface area contributed by atoms with E-state index in [9.17, 15) is 10.1 Å². The third-order valence-electron chi connectivity index (χ3n) is 4.84. The van der Waals surface area contributed by atoms with Crippen LogP contribution < -0.4 is 10.2 Å². The van der Waals surface area contributed by atoms with E-state index in [0.29, 0.717) is 22.4 Å². The van der Waals surface area contributed by atoms with E-state index >= 15 is 0 Å². The molecule has 1 saturated heterocycles. The van der Waals surface area contributed by atoms with Gasteiger partial charge in [-0.15, -0.1) is 0 Å². The number of nitro benzene ring substituents is 1. The Morgan fingerprint density at radius 3 is 2.68 bits per heavy atom. The van der Waals surface area contributed by atoms with Crippen LogP contribution in [0.4, 0.5) is 17.1 Å². The number of non-ortho nitro benzene ring substituents is 1. The summed E-state index contributed by atoms with van der Waals surface area (Å²) in [5.74, 6) is 0. The average molecular weight is 419 g/mol. The molecular weight excluding hydrogens is 396 g/mol. The molecule has 0 spiro atoms. The van der Waals surface area contributed by atoms with Crippen molar-refractivity contribution < 1.29 is 4.92 Å². The lowest BCUT2D eigenvalue weighted by Gasteiger charge is -2.32. The lowest BCUT2D eigenvalue weighted by molar-refractivity contribution is -0.384. The number of hydrogen-bond acceptors (Lipinski definition) is 4. The average Bonchev–Trinajstić information content (AvgIpc) is 2.70. The molecule has 1 fully saturated rings. The van der Waals surface area contributed by atoms with Gasteiger partial charge in [-0.3, -0.25) is 10.1 Å². The molecule has 28 heavy (non-hydrogen) atoms. The van der Waals surface area contributed by atoms with Crippen LogP contribution >= 0.6 is 23.8 Å². The number of thiocarbonyl (C=S) groups is 1. The van der Waals surface area contributed by atoms with Crippen molar-refractivity contribution in [2.75, 3.05) is 30.4 Å². The molecule has 1 heterocycles. The fraction of sp³-hybridized carbons (Fsp3) is 0.350. The Morgan fingerprint density at radius 2 is 1.96 bits per heavy atom. The Bertz CT molecular complexity index is 871. The number of anilines is 2. The van der Waals surface area contributed by atoms with Crippen LogP contribution in [-0.4, -0.2) is 35.1 Å². The summed E-state index contributed by atoms with van der Waals surface area (Å²) < 4.78 is 0. The lowest BCUT2D eigenvalue weighted by Crippen LogP contribution is -2.33. The van der Waals surface area contributed by atoms with Gasteiger partial charge >= 0.3 is 0 Å². The molecule has 0 atom stereocenters. The van der Waals surface area contributed by atoms with E-state index in [0.717, 1.165) is 13.1 Å². The van der Waals surface area contributed by atoms with Crippen LogP contribution in [0.1, 0.15) is 24.8 Å². The molecule has 3 rings (SSSR count). The number of nitrogens with one attached hydrogen (secondary N) is 1. The molecule has 0 bridgehead atoms. The minimum Gasteiger partial charge on any atom is -0.371 e. The van der Waals surface area contributed by atoms with E-state index in [-0.39, 0.29) is 5.69 Å². The topological polar surface area (TPSA) is 61.6 Å². The molecule has 1 aliphatic heterocycles. The van der Waals surface area contributed by atoms with Crippen molar-refractivity contribution in [1.29, 1.82) is 0 Å². The highest BCUT2D eigenvalue weighted by atomic mass is 35.5. The molecule has 0 amide bonds. The van der Waals surface area contributed by atoms with Crippen LogP contribution in [0, 0.1) is 10.1 Å². The van der Waals surface area contributed by atoms with Gasteiger partial charge in [-0.2, -0.15) is 0 Å². The number of hydrogen-bond donors (Lipinski definition) is 1. The molecule has 8 heteroatoms. The fourth-order valence-electron chi connectivity index (χ4n) is 3.35. The van der Waals surface area contributed by atoms with Gasteiger partial charge < -0.3 is 15.1 Å². The zero-order valence-corrected chi connectivity index (χ0v) is 17.3. The maximum Gasteiger partial charge on any atom is 0.271 e. The van der Waals surface area contributed by atoms with Crippen LogP contribution in [0.15, 0.2) is 42.5 Å². The first kappa shape index (κ1) is 20.4. The Hall–Kier alpha value is -2.38. The Balaban J connectivity index is 1.72. The van der Waals surface area contributed by atoms with Crippen molar-refractivity contribution >= 4 is 46.0 Å². The van der Waals surface area contributed by atoms with Gasteiger partial charge in [-0.1, -0.05) is 29.8 Å². The number of halogens is 1. The highest BCUT2D eigenvalue weighted by molar-refractivity contribution is 7.80. The van der Waals surface area contributed by atoms with Gasteiger partial charge in [-0.05, 0) is 49.2 Å². The highest BCUT2D eigenvalue weighted by Crippen LogP contribution is 2.28. The first-order chi connectivity index (χ1) is 13.5. The zero-order chi connectivity index (χ0) is 20.1. The summed E-state index contributed by atoms with van der Waals surface area (Å²) in [6.07, 6.45) is 3.72. The second kappa shape index (κ2) is 9.21. The van der Waals surface area contributed by atoms with Gasteiger partial charge in [0.15, 0.2) is 5.11 Å². The Kier molecular flexibility index (Phi) is 6.70. The number of nitrogens with zero attached hydrogens (tertiary/aromatic N) is 3. The van der Waals surface area contributed by atoms with Gasteiger partial charge in [-0.25, -0.2) is 0 Å². The number of rotatable bonds is 5. The normalized spacial score (nSPS) is 13.9. The summed E-state index contributed by atoms with van der Waals surface area (Å²) in [5.41, 5.74) is 2.83. The van der Waals surface area contributed by atoms with Crippen molar-refractivity contribution in [2.24, 2.45) is 0 Å². The quantitative estimate of drug-likeness (QED) is 0.415. The van der Waals surface area contributed by atoms with Crippen molar-refractivity contribution in [3.05, 3.63) is 63.2 Å².